The topological polar surface area (TPSA) is 53.9 Å². The van der Waals surface area contributed by atoms with Gasteiger partial charge in [-0.25, -0.2) is 9.69 Å². The van der Waals surface area contributed by atoms with Crippen LogP contribution in [0.1, 0.15) is 44.4 Å². The van der Waals surface area contributed by atoms with Crippen LogP contribution in [0.3, 0.4) is 0 Å². The maximum atomic E-state index is 12.9. The average Bonchev–Trinajstić information content (AvgIpc) is 3.06. The van der Waals surface area contributed by atoms with Gasteiger partial charge in [0.25, 0.3) is 5.91 Å². The van der Waals surface area contributed by atoms with Gasteiger partial charge >= 0.3 is 6.03 Å². The third-order valence-corrected chi connectivity index (χ3v) is 6.54. The Bertz CT molecular complexity index is 625. The monoisotopic (exact) mass is 370 g/mol. The van der Waals surface area contributed by atoms with E-state index < -0.39 is 5.54 Å². The molecule has 0 radical (unpaired) electrons. The van der Waals surface area contributed by atoms with Crippen molar-refractivity contribution in [2.24, 2.45) is 5.92 Å². The fourth-order valence-corrected chi connectivity index (χ4v) is 4.78. The van der Waals surface area contributed by atoms with Crippen molar-refractivity contribution < 1.29 is 14.5 Å². The first kappa shape index (κ1) is 17.7. The Labute approximate surface area is 152 Å². The second-order valence-corrected chi connectivity index (χ2v) is 8.87. The third-order valence-electron chi connectivity index (χ3n) is 5.31. The number of hydrogen-bond acceptors (Lipinski definition) is 3. The molecule has 1 aliphatic heterocycles. The normalized spacial score (nSPS) is 28.5. The molecule has 2 fully saturated rings. The molecule has 1 saturated heterocycles. The highest BCUT2D eigenvalue weighted by Gasteiger charge is 2.52. The Morgan fingerprint density at radius 3 is 2.67 bits per heavy atom. The van der Waals surface area contributed by atoms with Crippen molar-refractivity contribution in [2.75, 3.05) is 13.2 Å². The fraction of sp³-hybridized carbons (Fsp3) is 0.647. The van der Waals surface area contributed by atoms with E-state index in [-0.39, 0.29) is 11.9 Å². The molecule has 1 aliphatic carbocycles. The van der Waals surface area contributed by atoms with Gasteiger partial charge < -0.3 is 10.2 Å². The number of urea groups is 1. The average molecular weight is 371 g/mol. The van der Waals surface area contributed by atoms with Crippen LogP contribution in [0.4, 0.5) is 4.79 Å². The van der Waals surface area contributed by atoms with Crippen LogP contribution in [-0.2, 0) is 11.3 Å². The summed E-state index contributed by atoms with van der Waals surface area (Å²) in [6.07, 6.45) is 3.52. The molecule has 2 N–H and O–H groups in total. The second-order valence-electron chi connectivity index (χ2n) is 7.07. The van der Waals surface area contributed by atoms with Gasteiger partial charge in [-0.2, -0.15) is 0 Å². The highest BCUT2D eigenvalue weighted by molar-refractivity contribution is 7.16. The minimum atomic E-state index is -0.644. The van der Waals surface area contributed by atoms with E-state index in [1.165, 1.54) is 14.7 Å². The van der Waals surface area contributed by atoms with Crippen molar-refractivity contribution in [3.8, 4) is 0 Å². The van der Waals surface area contributed by atoms with Gasteiger partial charge in [0, 0.05) is 0 Å². The number of imide groups is 1. The standard InChI is InChI=1S/C17H24ClN3O2S/c1-3-20(10-13-4-5-14(18)24-13)11-21-15(22)17(19-16(21)23)8-6-12(2)7-9-17/h4-5,12H,3,6-11H2,1-2H3,(H,19,23)/p+1. The lowest BCUT2D eigenvalue weighted by Gasteiger charge is -2.33. The van der Waals surface area contributed by atoms with Crippen molar-refractivity contribution >= 4 is 34.9 Å². The number of hydrogen-bond donors (Lipinski definition) is 2. The van der Waals surface area contributed by atoms with Gasteiger partial charge in [0.1, 0.15) is 12.1 Å². The molecule has 3 amide bonds. The quantitative estimate of drug-likeness (QED) is 0.781. The van der Waals surface area contributed by atoms with E-state index in [0.29, 0.717) is 12.6 Å². The lowest BCUT2D eigenvalue weighted by Crippen LogP contribution is -3.12. The first-order chi connectivity index (χ1) is 11.4. The molecule has 0 aromatic carbocycles. The van der Waals surface area contributed by atoms with Crippen molar-refractivity contribution in [1.29, 1.82) is 0 Å². The number of carbonyl (C=O) groups is 2. The molecule has 7 heteroatoms. The molecule has 3 rings (SSSR count). The molecule has 2 heterocycles. The summed E-state index contributed by atoms with van der Waals surface area (Å²) in [5.41, 5.74) is -0.644. The Balaban J connectivity index is 1.67. The van der Waals surface area contributed by atoms with E-state index in [1.807, 2.05) is 12.1 Å². The van der Waals surface area contributed by atoms with Crippen LogP contribution in [0.25, 0.3) is 0 Å². The number of rotatable bonds is 5. The van der Waals surface area contributed by atoms with Crippen LogP contribution < -0.4 is 10.2 Å². The van der Waals surface area contributed by atoms with Gasteiger partial charge in [-0.3, -0.25) is 4.79 Å². The number of halogens is 1. The minimum Gasteiger partial charge on any atom is -0.323 e. The molecule has 1 unspecified atom stereocenters. The highest BCUT2D eigenvalue weighted by Crippen LogP contribution is 2.36. The number of carbonyl (C=O) groups excluding carboxylic acids is 2. The van der Waals surface area contributed by atoms with Gasteiger partial charge in [-0.05, 0) is 50.7 Å². The fourth-order valence-electron chi connectivity index (χ4n) is 3.62. The van der Waals surface area contributed by atoms with Crippen LogP contribution in [0.2, 0.25) is 4.34 Å². The summed E-state index contributed by atoms with van der Waals surface area (Å²) in [5.74, 6) is 0.602. The first-order valence-electron chi connectivity index (χ1n) is 8.65. The summed E-state index contributed by atoms with van der Waals surface area (Å²) in [4.78, 5) is 29.1. The maximum absolute atomic E-state index is 12.9. The number of thiophene rings is 1. The molecule has 5 nitrogen and oxygen atoms in total. The largest absolute Gasteiger partial charge is 0.329 e. The van der Waals surface area contributed by atoms with Crippen molar-refractivity contribution in [1.82, 2.24) is 10.2 Å². The van der Waals surface area contributed by atoms with Gasteiger partial charge in [0.15, 0.2) is 6.67 Å². The van der Waals surface area contributed by atoms with E-state index in [2.05, 4.69) is 19.2 Å². The van der Waals surface area contributed by atoms with Crippen LogP contribution in [0.15, 0.2) is 12.1 Å². The molecule has 0 bridgehead atoms. The Kier molecular flexibility index (Phi) is 5.18. The molecule has 1 atom stereocenters. The Morgan fingerprint density at radius 1 is 1.38 bits per heavy atom. The number of nitrogens with one attached hydrogen (secondary N) is 2. The number of quaternary nitrogens is 1. The summed E-state index contributed by atoms with van der Waals surface area (Å²) in [5, 5.41) is 2.99. The highest BCUT2D eigenvalue weighted by atomic mass is 35.5. The smallest absolute Gasteiger partial charge is 0.323 e. The summed E-state index contributed by atoms with van der Waals surface area (Å²) in [6, 6.07) is 3.67. The summed E-state index contributed by atoms with van der Waals surface area (Å²) >= 11 is 7.55. The number of nitrogens with zero attached hydrogens (tertiary/aromatic N) is 1. The Morgan fingerprint density at radius 2 is 2.08 bits per heavy atom. The first-order valence-corrected chi connectivity index (χ1v) is 9.85. The van der Waals surface area contributed by atoms with Gasteiger partial charge in [0.2, 0.25) is 0 Å². The van der Waals surface area contributed by atoms with Crippen LogP contribution in [-0.4, -0.2) is 35.6 Å². The molecular formula is C17H25ClN3O2S+. The zero-order valence-corrected chi connectivity index (χ0v) is 15.8. The molecule has 1 aromatic heterocycles. The van der Waals surface area contributed by atoms with Crippen LogP contribution in [0, 0.1) is 5.92 Å². The lowest BCUT2D eigenvalue weighted by atomic mass is 9.77. The van der Waals surface area contributed by atoms with Crippen molar-refractivity contribution in [3.63, 3.8) is 0 Å². The van der Waals surface area contributed by atoms with E-state index >= 15 is 0 Å². The predicted molar refractivity (Wildman–Crippen MR) is 95.1 cm³/mol. The molecule has 24 heavy (non-hydrogen) atoms. The van der Waals surface area contributed by atoms with Crippen LogP contribution >= 0.6 is 22.9 Å². The SMILES string of the molecule is CC[NH+](Cc1ccc(Cl)s1)CN1C(=O)NC2(CCC(C)CC2)C1=O. The lowest BCUT2D eigenvalue weighted by molar-refractivity contribution is -0.919. The molecule has 1 spiro atoms. The predicted octanol–water partition coefficient (Wildman–Crippen LogP) is 2.26. The maximum Gasteiger partial charge on any atom is 0.329 e. The zero-order chi connectivity index (χ0) is 17.3. The van der Waals surface area contributed by atoms with Gasteiger partial charge in [-0.15, -0.1) is 11.3 Å². The summed E-state index contributed by atoms with van der Waals surface area (Å²) < 4.78 is 0.769. The van der Waals surface area contributed by atoms with Crippen molar-refractivity contribution in [3.05, 3.63) is 21.3 Å². The zero-order valence-electron chi connectivity index (χ0n) is 14.2. The molecule has 1 aromatic rings. The van der Waals surface area contributed by atoms with Gasteiger partial charge in [-0.1, -0.05) is 18.5 Å². The second kappa shape index (κ2) is 7.02. The minimum absolute atomic E-state index is 0.0328. The van der Waals surface area contributed by atoms with Crippen LogP contribution in [0.5, 0.6) is 0 Å². The van der Waals surface area contributed by atoms with E-state index in [4.69, 9.17) is 11.6 Å². The van der Waals surface area contributed by atoms with E-state index in [9.17, 15) is 9.59 Å². The van der Waals surface area contributed by atoms with E-state index in [0.717, 1.165) is 43.1 Å². The molecule has 1 saturated carbocycles. The third kappa shape index (κ3) is 3.46. The van der Waals surface area contributed by atoms with E-state index in [1.54, 1.807) is 11.3 Å². The number of amides is 3. The Hall–Kier alpha value is -1.11. The van der Waals surface area contributed by atoms with Gasteiger partial charge in [0.05, 0.1) is 15.8 Å². The summed E-state index contributed by atoms with van der Waals surface area (Å²) in [6.45, 7) is 6.31. The molecule has 2 aliphatic rings. The summed E-state index contributed by atoms with van der Waals surface area (Å²) in [7, 11) is 0. The molecule has 132 valence electrons. The molecular weight excluding hydrogens is 346 g/mol. The van der Waals surface area contributed by atoms with Crippen molar-refractivity contribution in [2.45, 2.75) is 51.6 Å².